The van der Waals surface area contributed by atoms with Crippen molar-refractivity contribution in [3.63, 3.8) is 0 Å². The number of ether oxygens (including phenoxy) is 1. The van der Waals surface area contributed by atoms with Gasteiger partial charge < -0.3 is 20.1 Å². The third kappa shape index (κ3) is 5.97. The minimum Gasteiger partial charge on any atom is -0.490 e. The SMILES string of the molecule is C[C@H](O)CN1CCC(Oc2ccc(-c3n[nH]c4ccc(C(=O)N[C@H](c5ccccn5)C5CC5)cc34)cc2)CC1. The van der Waals surface area contributed by atoms with Crippen LogP contribution in [-0.2, 0) is 0 Å². The number of rotatable bonds is 9. The molecule has 1 aliphatic heterocycles. The lowest BCUT2D eigenvalue weighted by molar-refractivity contribution is 0.0673. The van der Waals surface area contributed by atoms with Crippen LogP contribution in [0, 0.1) is 5.92 Å². The Bertz CT molecular complexity index is 1410. The third-order valence-electron chi connectivity index (χ3n) is 7.70. The van der Waals surface area contributed by atoms with Crippen LogP contribution in [0.5, 0.6) is 5.75 Å². The number of β-amino-alcohol motifs (C(OH)–C–C–N with tert-alkyl or cyclic N) is 1. The number of nitrogens with zero attached hydrogens (tertiary/aromatic N) is 3. The van der Waals surface area contributed by atoms with Crippen molar-refractivity contribution >= 4 is 16.8 Å². The number of carbonyl (C=O) groups is 1. The summed E-state index contributed by atoms with van der Waals surface area (Å²) < 4.78 is 6.24. The molecule has 2 aromatic heterocycles. The Morgan fingerprint density at radius 2 is 1.90 bits per heavy atom. The Labute approximate surface area is 228 Å². The van der Waals surface area contributed by atoms with E-state index in [-0.39, 0.29) is 24.2 Å². The third-order valence-corrected chi connectivity index (χ3v) is 7.70. The lowest BCUT2D eigenvalue weighted by Crippen LogP contribution is -2.41. The summed E-state index contributed by atoms with van der Waals surface area (Å²) >= 11 is 0. The average molecular weight is 526 g/mol. The fourth-order valence-electron chi connectivity index (χ4n) is 5.49. The average Bonchev–Trinajstić information content (AvgIpc) is 3.71. The number of fused-ring (bicyclic) bond motifs is 1. The molecule has 0 radical (unpaired) electrons. The number of aromatic nitrogens is 3. The molecule has 1 saturated carbocycles. The van der Waals surface area contributed by atoms with Crippen LogP contribution in [0.15, 0.2) is 66.9 Å². The van der Waals surface area contributed by atoms with Crippen molar-refractivity contribution in [1.82, 2.24) is 25.4 Å². The highest BCUT2D eigenvalue weighted by atomic mass is 16.5. The van der Waals surface area contributed by atoms with Gasteiger partial charge in [-0.15, -0.1) is 0 Å². The fraction of sp³-hybridized carbons (Fsp3) is 0.387. The standard InChI is InChI=1S/C31H35N5O3/c1-20(37)19-36-16-13-25(14-17-36)39-24-10-7-21(8-11-24)29-26-18-23(9-12-27(26)34-35-29)31(38)33-30(22-5-6-22)28-4-2-3-15-32-28/h2-4,7-12,15,18,20,22,25,30,37H,5-6,13-14,16-17,19H2,1H3,(H,33,38)(H,34,35)/t20-,30-/m0/s1. The Morgan fingerprint density at radius 3 is 2.59 bits per heavy atom. The van der Waals surface area contributed by atoms with Gasteiger partial charge in [-0.3, -0.25) is 14.9 Å². The van der Waals surface area contributed by atoms with E-state index in [1.807, 2.05) is 67.6 Å². The fourth-order valence-corrected chi connectivity index (χ4v) is 5.49. The molecule has 8 nitrogen and oxygen atoms in total. The number of hydrogen-bond donors (Lipinski definition) is 3. The molecule has 39 heavy (non-hydrogen) atoms. The molecule has 1 aliphatic carbocycles. The van der Waals surface area contributed by atoms with Crippen molar-refractivity contribution in [2.45, 2.75) is 50.9 Å². The van der Waals surface area contributed by atoms with E-state index >= 15 is 0 Å². The van der Waals surface area contributed by atoms with Crippen molar-refractivity contribution in [3.8, 4) is 17.0 Å². The predicted octanol–water partition coefficient (Wildman–Crippen LogP) is 4.73. The second kappa shape index (κ2) is 11.2. The van der Waals surface area contributed by atoms with E-state index < -0.39 is 0 Å². The molecule has 1 saturated heterocycles. The maximum Gasteiger partial charge on any atom is 0.251 e. The molecule has 202 valence electrons. The van der Waals surface area contributed by atoms with Gasteiger partial charge in [-0.1, -0.05) is 6.07 Å². The van der Waals surface area contributed by atoms with Crippen molar-refractivity contribution in [2.24, 2.45) is 5.92 Å². The summed E-state index contributed by atoms with van der Waals surface area (Å²) in [6, 6.07) is 19.4. The first-order chi connectivity index (χ1) is 19.0. The van der Waals surface area contributed by atoms with Gasteiger partial charge in [0, 0.05) is 42.3 Å². The number of aromatic amines is 1. The number of hydrogen-bond acceptors (Lipinski definition) is 6. The number of pyridine rings is 1. The van der Waals surface area contributed by atoms with E-state index in [9.17, 15) is 9.90 Å². The van der Waals surface area contributed by atoms with Crippen molar-refractivity contribution in [1.29, 1.82) is 0 Å². The van der Waals surface area contributed by atoms with Crippen LogP contribution >= 0.6 is 0 Å². The quantitative estimate of drug-likeness (QED) is 0.292. The molecule has 3 heterocycles. The van der Waals surface area contributed by atoms with Gasteiger partial charge in [-0.2, -0.15) is 5.10 Å². The van der Waals surface area contributed by atoms with E-state index in [1.165, 1.54) is 0 Å². The zero-order valence-electron chi connectivity index (χ0n) is 22.2. The molecular formula is C31H35N5O3. The van der Waals surface area contributed by atoms with Crippen molar-refractivity contribution in [3.05, 3.63) is 78.1 Å². The summed E-state index contributed by atoms with van der Waals surface area (Å²) in [5, 5.41) is 21.4. The van der Waals surface area contributed by atoms with Gasteiger partial charge in [-0.05, 0) is 93.1 Å². The Kier molecular flexibility index (Phi) is 7.30. The minimum absolute atomic E-state index is 0.0729. The number of piperidine rings is 1. The van der Waals surface area contributed by atoms with Gasteiger partial charge >= 0.3 is 0 Å². The smallest absolute Gasteiger partial charge is 0.251 e. The highest BCUT2D eigenvalue weighted by molar-refractivity contribution is 6.01. The summed E-state index contributed by atoms with van der Waals surface area (Å²) in [6.07, 6.45) is 5.77. The molecule has 2 atom stereocenters. The van der Waals surface area contributed by atoms with Gasteiger partial charge in [0.05, 0.1) is 29.1 Å². The molecule has 0 spiro atoms. The largest absolute Gasteiger partial charge is 0.490 e. The molecule has 8 heteroatoms. The number of H-pyrrole nitrogens is 1. The minimum atomic E-state index is -0.301. The van der Waals surface area contributed by atoms with E-state index in [0.29, 0.717) is 18.0 Å². The first-order valence-electron chi connectivity index (χ1n) is 13.9. The Hall–Kier alpha value is -3.75. The van der Waals surface area contributed by atoms with Gasteiger partial charge in [0.1, 0.15) is 11.9 Å². The highest BCUT2D eigenvalue weighted by Crippen LogP contribution is 2.40. The molecule has 6 rings (SSSR count). The summed E-state index contributed by atoms with van der Waals surface area (Å²) in [6.45, 7) is 4.42. The van der Waals surface area contributed by atoms with Crippen LogP contribution in [0.1, 0.15) is 54.7 Å². The topological polar surface area (TPSA) is 103 Å². The first kappa shape index (κ1) is 25.5. The summed E-state index contributed by atoms with van der Waals surface area (Å²) in [5.41, 5.74) is 4.16. The van der Waals surface area contributed by atoms with Crippen LogP contribution in [-0.4, -0.2) is 62.9 Å². The number of aliphatic hydroxyl groups is 1. The molecule has 2 aromatic carbocycles. The molecule has 2 fully saturated rings. The van der Waals surface area contributed by atoms with E-state index in [4.69, 9.17) is 4.74 Å². The van der Waals surface area contributed by atoms with Crippen molar-refractivity contribution in [2.75, 3.05) is 19.6 Å². The van der Waals surface area contributed by atoms with E-state index in [0.717, 1.165) is 72.4 Å². The Balaban J connectivity index is 1.14. The molecular weight excluding hydrogens is 490 g/mol. The maximum absolute atomic E-state index is 13.3. The number of likely N-dealkylation sites (tertiary alicyclic amines) is 1. The van der Waals surface area contributed by atoms with Crippen LogP contribution in [0.4, 0.5) is 0 Å². The van der Waals surface area contributed by atoms with Gasteiger partial charge in [-0.25, -0.2) is 0 Å². The molecule has 0 bridgehead atoms. The Morgan fingerprint density at radius 1 is 1.10 bits per heavy atom. The number of benzene rings is 2. The van der Waals surface area contributed by atoms with Crippen LogP contribution in [0.25, 0.3) is 22.2 Å². The molecule has 0 unspecified atom stereocenters. The van der Waals surface area contributed by atoms with Gasteiger partial charge in [0.2, 0.25) is 0 Å². The number of nitrogens with one attached hydrogen (secondary N) is 2. The van der Waals surface area contributed by atoms with Crippen molar-refractivity contribution < 1.29 is 14.6 Å². The predicted molar refractivity (Wildman–Crippen MR) is 150 cm³/mol. The van der Waals surface area contributed by atoms with E-state index in [2.05, 4.69) is 25.4 Å². The number of amides is 1. The highest BCUT2D eigenvalue weighted by Gasteiger charge is 2.34. The molecule has 1 amide bonds. The zero-order valence-corrected chi connectivity index (χ0v) is 22.2. The normalized spacial score (nSPS) is 18.1. The second-order valence-corrected chi connectivity index (χ2v) is 10.9. The zero-order chi connectivity index (χ0) is 26.8. The van der Waals surface area contributed by atoms with Crippen LogP contribution < -0.4 is 10.1 Å². The number of aliphatic hydroxyl groups excluding tert-OH is 1. The lowest BCUT2D eigenvalue weighted by atomic mass is 10.0. The van der Waals surface area contributed by atoms with E-state index in [1.54, 1.807) is 6.20 Å². The van der Waals surface area contributed by atoms with Crippen LogP contribution in [0.3, 0.4) is 0 Å². The summed E-state index contributed by atoms with van der Waals surface area (Å²) in [4.78, 5) is 20.1. The van der Waals surface area contributed by atoms with Crippen LogP contribution in [0.2, 0.25) is 0 Å². The first-order valence-corrected chi connectivity index (χ1v) is 13.9. The second-order valence-electron chi connectivity index (χ2n) is 10.9. The molecule has 4 aromatic rings. The summed E-state index contributed by atoms with van der Waals surface area (Å²) in [5.74, 6) is 1.18. The molecule has 3 N–H and O–H groups in total. The maximum atomic E-state index is 13.3. The lowest BCUT2D eigenvalue weighted by Gasteiger charge is -2.32. The monoisotopic (exact) mass is 525 g/mol. The summed E-state index contributed by atoms with van der Waals surface area (Å²) in [7, 11) is 0. The van der Waals surface area contributed by atoms with Gasteiger partial charge in [0.15, 0.2) is 0 Å². The molecule has 2 aliphatic rings. The number of carbonyl (C=O) groups excluding carboxylic acids is 1. The van der Waals surface area contributed by atoms with Gasteiger partial charge in [0.25, 0.3) is 5.91 Å².